The number of benzene rings is 1. The first-order chi connectivity index (χ1) is 8.43. The van der Waals surface area contributed by atoms with Crippen molar-refractivity contribution in [3.05, 3.63) is 28.0 Å². The molecule has 0 aromatic heterocycles. The summed E-state index contributed by atoms with van der Waals surface area (Å²) in [4.78, 5) is 4.60. The molecule has 1 aromatic carbocycles. The third-order valence-electron chi connectivity index (χ3n) is 2.89. The van der Waals surface area contributed by atoms with Gasteiger partial charge in [-0.15, -0.1) is 0 Å². The van der Waals surface area contributed by atoms with Crippen LogP contribution in [0.2, 0.25) is 10.0 Å². The van der Waals surface area contributed by atoms with E-state index < -0.39 is 5.82 Å². The van der Waals surface area contributed by atoms with Gasteiger partial charge in [-0.1, -0.05) is 41.9 Å². The number of aliphatic imine (C=N–C) groups is 1. The van der Waals surface area contributed by atoms with Crippen LogP contribution >= 0.6 is 35.0 Å². The van der Waals surface area contributed by atoms with E-state index in [0.717, 1.165) is 17.3 Å². The van der Waals surface area contributed by atoms with Gasteiger partial charge in [0.2, 0.25) is 0 Å². The number of nitrogens with zero attached hydrogens (tertiary/aromatic N) is 1. The highest BCUT2D eigenvalue weighted by atomic mass is 35.5. The molecule has 1 aliphatic heterocycles. The van der Waals surface area contributed by atoms with Gasteiger partial charge >= 0.3 is 0 Å². The number of hydrogen-bond acceptors (Lipinski definition) is 3. The van der Waals surface area contributed by atoms with Crippen LogP contribution in [0.3, 0.4) is 0 Å². The topological polar surface area (TPSA) is 24.4 Å². The van der Waals surface area contributed by atoms with Crippen molar-refractivity contribution in [1.29, 1.82) is 0 Å². The lowest BCUT2D eigenvalue weighted by atomic mass is 10.0. The zero-order valence-corrected chi connectivity index (χ0v) is 12.4. The van der Waals surface area contributed by atoms with E-state index in [1.165, 1.54) is 12.1 Å². The van der Waals surface area contributed by atoms with E-state index in [9.17, 15) is 4.39 Å². The van der Waals surface area contributed by atoms with Crippen molar-refractivity contribution in [2.75, 3.05) is 11.1 Å². The van der Waals surface area contributed by atoms with Crippen molar-refractivity contribution in [1.82, 2.24) is 0 Å². The van der Waals surface area contributed by atoms with Crippen LogP contribution < -0.4 is 5.32 Å². The van der Waals surface area contributed by atoms with Gasteiger partial charge < -0.3 is 5.32 Å². The SMILES string of the molecule is CCC1(C)CSC(Nc2cc(Cl)c(F)c(Cl)c2)=N1. The van der Waals surface area contributed by atoms with Crippen molar-refractivity contribution >= 4 is 45.8 Å². The van der Waals surface area contributed by atoms with Crippen LogP contribution in [0.4, 0.5) is 10.1 Å². The lowest BCUT2D eigenvalue weighted by molar-refractivity contribution is 0.523. The summed E-state index contributed by atoms with van der Waals surface area (Å²) in [5, 5.41) is 3.95. The Balaban J connectivity index is 2.19. The molecule has 0 fully saturated rings. The molecule has 98 valence electrons. The second-order valence-electron chi connectivity index (χ2n) is 4.44. The summed E-state index contributed by atoms with van der Waals surface area (Å²) >= 11 is 13.1. The van der Waals surface area contributed by atoms with Crippen LogP contribution in [0, 0.1) is 5.82 Å². The number of amidine groups is 1. The van der Waals surface area contributed by atoms with Gasteiger partial charge in [-0.3, -0.25) is 4.99 Å². The number of hydrogen-bond donors (Lipinski definition) is 1. The molecule has 0 bridgehead atoms. The molecule has 0 amide bonds. The van der Waals surface area contributed by atoms with Gasteiger partial charge in [-0.2, -0.15) is 0 Å². The van der Waals surface area contributed by atoms with Crippen molar-refractivity contribution in [2.45, 2.75) is 25.8 Å². The minimum atomic E-state index is -0.594. The zero-order chi connectivity index (χ0) is 13.3. The van der Waals surface area contributed by atoms with E-state index in [0.29, 0.717) is 5.69 Å². The summed E-state index contributed by atoms with van der Waals surface area (Å²) in [7, 11) is 0. The Kier molecular flexibility index (Phi) is 4.09. The Morgan fingerprint density at radius 1 is 1.44 bits per heavy atom. The largest absolute Gasteiger partial charge is 0.335 e. The summed E-state index contributed by atoms with van der Waals surface area (Å²) in [5.41, 5.74) is 0.624. The molecule has 2 nitrogen and oxygen atoms in total. The lowest BCUT2D eigenvalue weighted by Crippen LogP contribution is -2.20. The lowest BCUT2D eigenvalue weighted by Gasteiger charge is -2.15. The van der Waals surface area contributed by atoms with Gasteiger partial charge in [0.15, 0.2) is 11.0 Å². The molecular formula is C12H13Cl2FN2S. The minimum absolute atomic E-state index is 0.00634. The van der Waals surface area contributed by atoms with Crippen LogP contribution in [0.15, 0.2) is 17.1 Å². The third-order valence-corrected chi connectivity index (χ3v) is 4.67. The summed E-state index contributed by atoms with van der Waals surface area (Å²) in [5.74, 6) is 0.345. The van der Waals surface area contributed by atoms with Gasteiger partial charge in [0, 0.05) is 11.4 Å². The minimum Gasteiger partial charge on any atom is -0.335 e. The van der Waals surface area contributed by atoms with Gasteiger partial charge in [-0.25, -0.2) is 4.39 Å². The van der Waals surface area contributed by atoms with Crippen molar-refractivity contribution in [3.8, 4) is 0 Å². The smallest absolute Gasteiger partial charge is 0.161 e. The Bertz CT molecular complexity index is 484. The summed E-state index contributed by atoms with van der Waals surface area (Å²) in [6.45, 7) is 4.22. The average Bonchev–Trinajstić information content (AvgIpc) is 2.69. The Hall–Kier alpha value is -0.450. The monoisotopic (exact) mass is 306 g/mol. The maximum atomic E-state index is 13.3. The zero-order valence-electron chi connectivity index (χ0n) is 10.1. The molecule has 1 unspecified atom stereocenters. The van der Waals surface area contributed by atoms with Gasteiger partial charge in [0.1, 0.15) is 0 Å². The van der Waals surface area contributed by atoms with Gasteiger partial charge in [-0.05, 0) is 25.5 Å². The molecule has 0 saturated carbocycles. The summed E-state index contributed by atoms with van der Waals surface area (Å²) < 4.78 is 13.3. The number of thioether (sulfide) groups is 1. The Labute approximate surface area is 120 Å². The first-order valence-corrected chi connectivity index (χ1v) is 7.32. The van der Waals surface area contributed by atoms with E-state index in [4.69, 9.17) is 23.2 Å². The van der Waals surface area contributed by atoms with Gasteiger partial charge in [0.25, 0.3) is 0 Å². The number of halogens is 3. The van der Waals surface area contributed by atoms with Crippen LogP contribution in [0.1, 0.15) is 20.3 Å². The quantitative estimate of drug-likeness (QED) is 0.792. The van der Waals surface area contributed by atoms with E-state index in [2.05, 4.69) is 24.2 Å². The predicted octanol–water partition coefficient (Wildman–Crippen LogP) is 4.82. The molecule has 1 atom stereocenters. The molecule has 0 aliphatic carbocycles. The Morgan fingerprint density at radius 3 is 2.56 bits per heavy atom. The fourth-order valence-corrected chi connectivity index (χ4v) is 3.21. The van der Waals surface area contributed by atoms with E-state index in [1.807, 2.05) is 0 Å². The second kappa shape index (κ2) is 5.27. The normalized spacial score (nSPS) is 23.1. The molecule has 1 aliphatic rings. The first-order valence-electron chi connectivity index (χ1n) is 5.58. The van der Waals surface area contributed by atoms with Crippen LogP contribution in [0.5, 0.6) is 0 Å². The average molecular weight is 307 g/mol. The van der Waals surface area contributed by atoms with E-state index in [1.54, 1.807) is 11.8 Å². The summed E-state index contributed by atoms with van der Waals surface area (Å²) in [6.07, 6.45) is 0.982. The molecule has 1 heterocycles. The molecule has 18 heavy (non-hydrogen) atoms. The fourth-order valence-electron chi connectivity index (χ4n) is 1.53. The maximum Gasteiger partial charge on any atom is 0.161 e. The molecule has 0 saturated heterocycles. The van der Waals surface area contributed by atoms with Gasteiger partial charge in [0.05, 0.1) is 15.6 Å². The summed E-state index contributed by atoms with van der Waals surface area (Å²) in [6, 6.07) is 3.01. The fraction of sp³-hybridized carbons (Fsp3) is 0.417. The standard InChI is InChI=1S/C12H13Cl2FN2S/c1-3-12(2)6-18-11(17-12)16-7-4-8(13)10(15)9(14)5-7/h4-5H,3,6H2,1-2H3,(H,16,17). The van der Waals surface area contributed by atoms with Crippen LogP contribution in [-0.2, 0) is 0 Å². The van der Waals surface area contributed by atoms with Crippen molar-refractivity contribution in [2.24, 2.45) is 4.99 Å². The first kappa shape index (κ1) is 14.0. The molecule has 2 rings (SSSR count). The molecule has 6 heteroatoms. The van der Waals surface area contributed by atoms with Crippen LogP contribution in [-0.4, -0.2) is 16.5 Å². The molecule has 0 radical (unpaired) electrons. The van der Waals surface area contributed by atoms with Crippen molar-refractivity contribution in [3.63, 3.8) is 0 Å². The highest BCUT2D eigenvalue weighted by Crippen LogP contribution is 2.32. The highest BCUT2D eigenvalue weighted by molar-refractivity contribution is 8.14. The van der Waals surface area contributed by atoms with E-state index in [-0.39, 0.29) is 15.6 Å². The number of rotatable bonds is 2. The van der Waals surface area contributed by atoms with E-state index >= 15 is 0 Å². The molecule has 1 aromatic rings. The molecule has 1 N–H and O–H groups in total. The molecular weight excluding hydrogens is 294 g/mol. The predicted molar refractivity (Wildman–Crippen MR) is 78.6 cm³/mol. The van der Waals surface area contributed by atoms with Crippen LogP contribution in [0.25, 0.3) is 0 Å². The second-order valence-corrected chi connectivity index (χ2v) is 6.21. The molecule has 0 spiro atoms. The number of nitrogens with one attached hydrogen (secondary N) is 1. The highest BCUT2D eigenvalue weighted by Gasteiger charge is 2.28. The Morgan fingerprint density at radius 2 is 2.06 bits per heavy atom. The number of anilines is 1. The maximum absolute atomic E-state index is 13.3. The third kappa shape index (κ3) is 2.92. The van der Waals surface area contributed by atoms with Crippen molar-refractivity contribution < 1.29 is 4.39 Å².